The molecule has 0 aliphatic carbocycles. The summed E-state index contributed by atoms with van der Waals surface area (Å²) in [4.78, 5) is 32.6. The van der Waals surface area contributed by atoms with Gasteiger partial charge in [0, 0.05) is 31.8 Å². The van der Waals surface area contributed by atoms with Gasteiger partial charge in [0.15, 0.2) is 0 Å². The second-order valence-electron chi connectivity index (χ2n) is 6.64. The van der Waals surface area contributed by atoms with Crippen molar-refractivity contribution < 1.29 is 19.1 Å². The number of carbonyl (C=O) groups is 2. The van der Waals surface area contributed by atoms with Crippen LogP contribution in [0.15, 0.2) is 30.5 Å². The quantitative estimate of drug-likeness (QED) is 0.777. The molecule has 1 aromatic rings. The van der Waals surface area contributed by atoms with E-state index in [-0.39, 0.29) is 6.54 Å². The van der Waals surface area contributed by atoms with Crippen LogP contribution < -0.4 is 15.1 Å². The third-order valence-corrected chi connectivity index (χ3v) is 4.84. The molecule has 0 amide bonds. The largest absolute Gasteiger partial charge is 0.399 e. The third kappa shape index (κ3) is 3.24. The molecule has 8 nitrogen and oxygen atoms in total. The number of rotatable bonds is 2. The van der Waals surface area contributed by atoms with E-state index in [0.29, 0.717) is 6.54 Å². The minimum Gasteiger partial charge on any atom is -0.399 e. The summed E-state index contributed by atoms with van der Waals surface area (Å²) in [7, 11) is 0. The van der Waals surface area contributed by atoms with Crippen LogP contribution >= 0.6 is 0 Å². The first-order valence-corrected chi connectivity index (χ1v) is 9.00. The highest BCUT2D eigenvalue weighted by molar-refractivity contribution is 5.93. The highest BCUT2D eigenvalue weighted by Gasteiger charge is 2.47. The Kier molecular flexibility index (Phi) is 4.50. The van der Waals surface area contributed by atoms with Gasteiger partial charge in [0.2, 0.25) is 0 Å². The van der Waals surface area contributed by atoms with E-state index < -0.39 is 17.8 Å². The van der Waals surface area contributed by atoms with Crippen LogP contribution in [0.3, 0.4) is 0 Å². The molecule has 1 spiro atoms. The molecule has 3 aliphatic rings. The fraction of sp³-hybridized carbons (Fsp3) is 0.500. The lowest BCUT2D eigenvalue weighted by Crippen LogP contribution is -2.58. The van der Waals surface area contributed by atoms with Crippen LogP contribution in [0.2, 0.25) is 0 Å². The maximum absolute atomic E-state index is 12.0. The van der Waals surface area contributed by atoms with Crippen molar-refractivity contribution in [1.29, 1.82) is 0 Å². The van der Waals surface area contributed by atoms with Gasteiger partial charge >= 0.3 is 17.8 Å². The minimum atomic E-state index is -1.51. The number of hydrogen-bond donors (Lipinski definition) is 1. The van der Waals surface area contributed by atoms with Gasteiger partial charge in [-0.25, -0.2) is 14.6 Å². The van der Waals surface area contributed by atoms with E-state index in [1.165, 1.54) is 12.8 Å². The van der Waals surface area contributed by atoms with Gasteiger partial charge in [-0.15, -0.1) is 0 Å². The summed E-state index contributed by atoms with van der Waals surface area (Å²) < 4.78 is 11.1. The maximum atomic E-state index is 12.0. The lowest BCUT2D eigenvalue weighted by Gasteiger charge is -2.40. The van der Waals surface area contributed by atoms with E-state index in [1.807, 2.05) is 12.1 Å². The Morgan fingerprint density at radius 1 is 1.00 bits per heavy atom. The molecule has 0 atom stereocenters. The van der Waals surface area contributed by atoms with Crippen LogP contribution in [-0.2, 0) is 19.1 Å². The first kappa shape index (κ1) is 16.8. The molecule has 3 aliphatic heterocycles. The number of esters is 2. The zero-order chi connectivity index (χ0) is 18.0. The predicted molar refractivity (Wildman–Crippen MR) is 94.6 cm³/mol. The summed E-state index contributed by atoms with van der Waals surface area (Å²) in [5.74, 6) is -1.78. The molecule has 4 rings (SSSR count). The van der Waals surface area contributed by atoms with Crippen LogP contribution in [-0.4, -0.2) is 55.6 Å². The van der Waals surface area contributed by atoms with E-state index in [9.17, 15) is 9.59 Å². The number of aromatic nitrogens is 1. The molecule has 0 bridgehead atoms. The summed E-state index contributed by atoms with van der Waals surface area (Å²) in [5.41, 5.74) is 0.749. The van der Waals surface area contributed by atoms with Crippen molar-refractivity contribution in [1.82, 2.24) is 10.3 Å². The zero-order valence-corrected chi connectivity index (χ0v) is 14.5. The molecule has 138 valence electrons. The summed E-state index contributed by atoms with van der Waals surface area (Å²) in [6.07, 6.45) is 7.12. The van der Waals surface area contributed by atoms with Gasteiger partial charge < -0.3 is 19.7 Å². The Labute approximate surface area is 151 Å². The fourth-order valence-corrected chi connectivity index (χ4v) is 3.59. The zero-order valence-electron chi connectivity index (χ0n) is 14.5. The molecule has 0 radical (unpaired) electrons. The molecule has 2 saturated heterocycles. The lowest BCUT2D eigenvalue weighted by molar-refractivity contribution is -0.217. The molecule has 0 aromatic carbocycles. The van der Waals surface area contributed by atoms with Crippen LogP contribution in [0, 0.1) is 0 Å². The molecule has 0 unspecified atom stereocenters. The van der Waals surface area contributed by atoms with E-state index >= 15 is 0 Å². The van der Waals surface area contributed by atoms with Crippen LogP contribution in [0.25, 0.3) is 0 Å². The highest BCUT2D eigenvalue weighted by atomic mass is 16.8. The van der Waals surface area contributed by atoms with Crippen molar-refractivity contribution in [3.63, 3.8) is 0 Å². The Hall–Kier alpha value is -2.61. The van der Waals surface area contributed by atoms with E-state index in [2.05, 4.69) is 15.2 Å². The topological polar surface area (TPSA) is 84.0 Å². The van der Waals surface area contributed by atoms with Gasteiger partial charge in [-0.3, -0.25) is 4.90 Å². The number of ether oxygens (including phenoxy) is 2. The minimum absolute atomic E-state index is 0.194. The van der Waals surface area contributed by atoms with E-state index in [1.54, 1.807) is 11.1 Å². The van der Waals surface area contributed by atoms with Crippen molar-refractivity contribution in [3.8, 4) is 0 Å². The number of carbonyl (C=O) groups excluding carboxylic acids is 2. The monoisotopic (exact) mass is 358 g/mol. The fourth-order valence-electron chi connectivity index (χ4n) is 3.59. The molecule has 1 N–H and O–H groups in total. The predicted octanol–water partition coefficient (Wildman–Crippen LogP) is 0.791. The van der Waals surface area contributed by atoms with E-state index in [0.717, 1.165) is 49.7 Å². The Bertz CT molecular complexity index is 692. The van der Waals surface area contributed by atoms with Gasteiger partial charge in [-0.2, -0.15) is 0 Å². The van der Waals surface area contributed by atoms with Crippen molar-refractivity contribution in [3.05, 3.63) is 30.5 Å². The van der Waals surface area contributed by atoms with Crippen molar-refractivity contribution in [2.24, 2.45) is 0 Å². The average molecular weight is 358 g/mol. The maximum Gasteiger partial charge on any atom is 0.356 e. The molecule has 1 aromatic heterocycles. The molecule has 26 heavy (non-hydrogen) atoms. The molecular weight excluding hydrogens is 336 g/mol. The number of pyridine rings is 1. The number of hydrogen-bond acceptors (Lipinski definition) is 8. The van der Waals surface area contributed by atoms with Crippen molar-refractivity contribution in [2.75, 3.05) is 42.5 Å². The standard InChI is InChI=1S/C18H22N4O4/c23-16-6-7-17(24)26-18(25-16)13-19-8-3-11-22(18)14-4-5-15(20-12-14)21-9-1-2-10-21/h4-7,12,19H,1-3,8-11,13H2. The molecule has 2 fully saturated rings. The van der Waals surface area contributed by atoms with Crippen molar-refractivity contribution >= 4 is 23.4 Å². The van der Waals surface area contributed by atoms with Gasteiger partial charge in [0.25, 0.3) is 0 Å². The smallest absolute Gasteiger partial charge is 0.356 e. The van der Waals surface area contributed by atoms with Crippen LogP contribution in [0.1, 0.15) is 19.3 Å². The average Bonchev–Trinajstić information content (AvgIpc) is 3.05. The molecule has 8 heteroatoms. The molecular formula is C18H22N4O4. The van der Waals surface area contributed by atoms with Gasteiger partial charge in [-0.05, 0) is 37.9 Å². The SMILES string of the molecule is O=C1C=CC(=O)OC2(CNCCCN2c2ccc(N3CCCC3)nc2)O1. The van der Waals surface area contributed by atoms with Gasteiger partial charge in [0.05, 0.1) is 18.4 Å². The summed E-state index contributed by atoms with van der Waals surface area (Å²) in [6.45, 7) is 3.54. The highest BCUT2D eigenvalue weighted by Crippen LogP contribution is 2.31. The summed E-state index contributed by atoms with van der Waals surface area (Å²) in [6, 6.07) is 3.90. The Balaban J connectivity index is 1.65. The normalized spacial score (nSPS) is 22.8. The first-order valence-electron chi connectivity index (χ1n) is 9.00. The number of nitrogens with zero attached hydrogens (tertiary/aromatic N) is 3. The third-order valence-electron chi connectivity index (χ3n) is 4.84. The lowest BCUT2D eigenvalue weighted by atomic mass is 10.2. The van der Waals surface area contributed by atoms with Crippen LogP contribution in [0.5, 0.6) is 0 Å². The second kappa shape index (κ2) is 6.95. The van der Waals surface area contributed by atoms with Crippen LogP contribution in [0.4, 0.5) is 11.5 Å². The van der Waals surface area contributed by atoms with Crippen molar-refractivity contribution in [2.45, 2.75) is 25.2 Å². The van der Waals surface area contributed by atoms with Gasteiger partial charge in [0.1, 0.15) is 5.82 Å². The number of anilines is 2. The number of nitrogens with one attached hydrogen (secondary N) is 1. The summed E-state index contributed by atoms with van der Waals surface area (Å²) in [5, 5.41) is 3.18. The van der Waals surface area contributed by atoms with E-state index in [4.69, 9.17) is 9.47 Å². The van der Waals surface area contributed by atoms with Gasteiger partial charge in [-0.1, -0.05) is 0 Å². The Morgan fingerprint density at radius 2 is 1.73 bits per heavy atom. The molecule has 0 saturated carbocycles. The molecule has 4 heterocycles. The summed E-state index contributed by atoms with van der Waals surface area (Å²) >= 11 is 0. The second-order valence-corrected chi connectivity index (χ2v) is 6.64. The Morgan fingerprint density at radius 3 is 2.38 bits per heavy atom. The first-order chi connectivity index (χ1) is 12.7.